The molecule has 1 aliphatic carbocycles. The molecule has 0 aromatic carbocycles. The van der Waals surface area contributed by atoms with Gasteiger partial charge in [0.15, 0.2) is 0 Å². The molecule has 59 valence electrons. The average Bonchev–Trinajstić information content (AvgIpc) is 2.66. The van der Waals surface area contributed by atoms with E-state index in [9.17, 15) is 0 Å². The smallest absolute Gasteiger partial charge is 0.0986 e. The largest absolute Gasteiger partial charge is 0.288 e. The molecular formula is C10H14N. The molecule has 0 bridgehead atoms. The molecule has 0 atom stereocenters. The van der Waals surface area contributed by atoms with Crippen LogP contribution in [0.2, 0.25) is 0 Å². The molecule has 1 heterocycles. The molecule has 0 N–H and O–H groups in total. The minimum atomic E-state index is 0.744. The van der Waals surface area contributed by atoms with E-state index in [2.05, 4.69) is 23.3 Å². The summed E-state index contributed by atoms with van der Waals surface area (Å²) >= 11 is 0. The zero-order chi connectivity index (χ0) is 7.52. The molecule has 2 aliphatic rings. The standard InChI is InChI=1S/C10H14N/c1-2-8-11(7-1)9-3-4-10-5-6-10/h9-10H,1-2,5-8H2. The Balaban J connectivity index is 1.68. The summed E-state index contributed by atoms with van der Waals surface area (Å²) in [5.74, 6) is 7.12. The molecule has 1 nitrogen and oxygen atoms in total. The molecular weight excluding hydrogens is 134 g/mol. The van der Waals surface area contributed by atoms with Gasteiger partial charge in [-0.05, 0) is 38.8 Å². The molecule has 0 amide bonds. The predicted molar refractivity (Wildman–Crippen MR) is 45.6 cm³/mol. The topological polar surface area (TPSA) is 3.24 Å². The molecule has 1 radical (unpaired) electrons. The molecule has 11 heavy (non-hydrogen) atoms. The van der Waals surface area contributed by atoms with Gasteiger partial charge in [0.2, 0.25) is 0 Å². The van der Waals surface area contributed by atoms with Crippen molar-refractivity contribution >= 4 is 0 Å². The van der Waals surface area contributed by atoms with Crippen molar-refractivity contribution in [1.29, 1.82) is 0 Å². The third-order valence-corrected chi connectivity index (χ3v) is 2.25. The fourth-order valence-electron chi connectivity index (χ4n) is 1.34. The molecule has 0 spiro atoms. The van der Waals surface area contributed by atoms with Gasteiger partial charge in [0, 0.05) is 5.92 Å². The van der Waals surface area contributed by atoms with Gasteiger partial charge in [-0.1, -0.05) is 11.8 Å². The van der Waals surface area contributed by atoms with Gasteiger partial charge in [-0.15, -0.1) is 0 Å². The van der Waals surface area contributed by atoms with Crippen LogP contribution < -0.4 is 0 Å². The number of likely N-dealkylation sites (tertiary alicyclic amines) is 1. The maximum atomic E-state index is 3.24. The predicted octanol–water partition coefficient (Wildman–Crippen LogP) is 1.66. The molecule has 1 saturated carbocycles. The lowest BCUT2D eigenvalue weighted by atomic mass is 10.4. The van der Waals surface area contributed by atoms with E-state index in [0.29, 0.717) is 0 Å². The van der Waals surface area contributed by atoms with Gasteiger partial charge in [0.05, 0.1) is 6.54 Å². The lowest BCUT2D eigenvalue weighted by molar-refractivity contribution is 0.437. The normalized spacial score (nSPS) is 24.7. The number of hydrogen-bond donors (Lipinski definition) is 0. The molecule has 0 aromatic heterocycles. The molecule has 2 fully saturated rings. The van der Waals surface area contributed by atoms with Crippen LogP contribution in [0.5, 0.6) is 0 Å². The highest BCUT2D eigenvalue weighted by molar-refractivity contribution is 5.15. The van der Waals surface area contributed by atoms with Gasteiger partial charge in [0.25, 0.3) is 0 Å². The quantitative estimate of drug-likeness (QED) is 0.511. The summed E-state index contributed by atoms with van der Waals surface area (Å²) in [5.41, 5.74) is 0. The summed E-state index contributed by atoms with van der Waals surface area (Å²) in [6.07, 6.45) is 5.37. The lowest BCUT2D eigenvalue weighted by Gasteiger charge is -2.07. The third-order valence-electron chi connectivity index (χ3n) is 2.25. The van der Waals surface area contributed by atoms with Crippen molar-refractivity contribution in [1.82, 2.24) is 4.90 Å². The second-order valence-corrected chi connectivity index (χ2v) is 3.44. The molecule has 2 rings (SSSR count). The van der Waals surface area contributed by atoms with E-state index in [0.717, 1.165) is 5.92 Å². The Kier molecular flexibility index (Phi) is 2.14. The highest BCUT2D eigenvalue weighted by Crippen LogP contribution is 2.27. The van der Waals surface area contributed by atoms with Crippen molar-refractivity contribution in [3.63, 3.8) is 0 Å². The summed E-state index contributed by atoms with van der Waals surface area (Å²) in [6, 6.07) is 0. The Hall–Kier alpha value is -0.480. The molecule has 1 aliphatic heterocycles. The summed E-state index contributed by atoms with van der Waals surface area (Å²) in [7, 11) is 0. The van der Waals surface area contributed by atoms with Crippen LogP contribution in [-0.4, -0.2) is 18.0 Å². The first-order chi connectivity index (χ1) is 5.45. The monoisotopic (exact) mass is 148 g/mol. The van der Waals surface area contributed by atoms with Crippen molar-refractivity contribution in [3.8, 4) is 11.8 Å². The Labute approximate surface area is 68.8 Å². The Morgan fingerprint density at radius 2 is 1.91 bits per heavy atom. The summed E-state index contributed by atoms with van der Waals surface area (Å²) in [6.45, 7) is 4.52. The van der Waals surface area contributed by atoms with Crippen LogP contribution in [0.1, 0.15) is 25.7 Å². The molecule has 1 saturated heterocycles. The highest BCUT2D eigenvalue weighted by Gasteiger charge is 2.17. The zero-order valence-electron chi connectivity index (χ0n) is 6.84. The van der Waals surface area contributed by atoms with Gasteiger partial charge >= 0.3 is 0 Å². The van der Waals surface area contributed by atoms with Crippen LogP contribution >= 0.6 is 0 Å². The van der Waals surface area contributed by atoms with Crippen molar-refractivity contribution in [2.75, 3.05) is 13.1 Å². The average molecular weight is 148 g/mol. The van der Waals surface area contributed by atoms with Gasteiger partial charge in [0.1, 0.15) is 0 Å². The van der Waals surface area contributed by atoms with Crippen LogP contribution in [0.4, 0.5) is 0 Å². The first kappa shape index (κ1) is 7.18. The lowest BCUT2D eigenvalue weighted by Crippen LogP contribution is -2.14. The van der Waals surface area contributed by atoms with Gasteiger partial charge < -0.3 is 0 Å². The van der Waals surface area contributed by atoms with Crippen molar-refractivity contribution < 1.29 is 0 Å². The van der Waals surface area contributed by atoms with Crippen LogP contribution in [-0.2, 0) is 0 Å². The summed E-state index contributed by atoms with van der Waals surface area (Å²) < 4.78 is 0. The van der Waals surface area contributed by atoms with E-state index in [1.807, 2.05) is 0 Å². The van der Waals surface area contributed by atoms with Crippen LogP contribution in [0, 0.1) is 24.3 Å². The first-order valence-electron chi connectivity index (χ1n) is 4.53. The Bertz CT molecular complexity index is 177. The fraction of sp³-hybridized carbons (Fsp3) is 0.700. The van der Waals surface area contributed by atoms with Crippen LogP contribution in [0.15, 0.2) is 0 Å². The van der Waals surface area contributed by atoms with Crippen LogP contribution in [0.3, 0.4) is 0 Å². The SMILES string of the molecule is C(#CC1CC1)[CH]N1CCCC1. The zero-order valence-corrected chi connectivity index (χ0v) is 6.84. The molecule has 0 unspecified atom stereocenters. The molecule has 1 heteroatoms. The Morgan fingerprint density at radius 3 is 2.55 bits per heavy atom. The van der Waals surface area contributed by atoms with Crippen molar-refractivity contribution in [2.45, 2.75) is 25.7 Å². The van der Waals surface area contributed by atoms with E-state index in [1.165, 1.54) is 38.8 Å². The van der Waals surface area contributed by atoms with Gasteiger partial charge in [-0.3, -0.25) is 4.90 Å². The van der Waals surface area contributed by atoms with E-state index in [4.69, 9.17) is 0 Å². The minimum absolute atomic E-state index is 0.744. The Morgan fingerprint density at radius 1 is 1.18 bits per heavy atom. The van der Waals surface area contributed by atoms with Crippen LogP contribution in [0.25, 0.3) is 0 Å². The first-order valence-corrected chi connectivity index (χ1v) is 4.53. The number of nitrogens with zero attached hydrogens (tertiary/aromatic N) is 1. The number of rotatable bonds is 1. The van der Waals surface area contributed by atoms with Crippen molar-refractivity contribution in [2.24, 2.45) is 5.92 Å². The van der Waals surface area contributed by atoms with E-state index >= 15 is 0 Å². The van der Waals surface area contributed by atoms with E-state index < -0.39 is 0 Å². The summed E-state index contributed by atoms with van der Waals surface area (Å²) in [5, 5.41) is 0. The summed E-state index contributed by atoms with van der Waals surface area (Å²) in [4.78, 5) is 2.33. The minimum Gasteiger partial charge on any atom is -0.288 e. The maximum absolute atomic E-state index is 3.24. The van der Waals surface area contributed by atoms with E-state index in [1.54, 1.807) is 0 Å². The molecule has 0 aromatic rings. The van der Waals surface area contributed by atoms with Gasteiger partial charge in [-0.2, -0.15) is 0 Å². The second-order valence-electron chi connectivity index (χ2n) is 3.44. The second kappa shape index (κ2) is 3.28. The van der Waals surface area contributed by atoms with Crippen molar-refractivity contribution in [3.05, 3.63) is 6.54 Å². The third kappa shape index (κ3) is 2.24. The number of hydrogen-bond acceptors (Lipinski definition) is 1. The fourth-order valence-corrected chi connectivity index (χ4v) is 1.34. The van der Waals surface area contributed by atoms with Gasteiger partial charge in [-0.25, -0.2) is 0 Å². The van der Waals surface area contributed by atoms with E-state index in [-0.39, 0.29) is 0 Å². The highest BCUT2D eigenvalue weighted by atomic mass is 15.1. The maximum Gasteiger partial charge on any atom is 0.0986 e.